The Hall–Kier alpha value is -2.86. The summed E-state index contributed by atoms with van der Waals surface area (Å²) < 4.78 is 5.70. The first-order valence-corrected chi connectivity index (χ1v) is 11.0. The summed E-state index contributed by atoms with van der Waals surface area (Å²) in [6.07, 6.45) is 0. The molecule has 0 radical (unpaired) electrons. The molecule has 3 aromatic rings. The van der Waals surface area contributed by atoms with Gasteiger partial charge in [-0.1, -0.05) is 50.2 Å². The molecule has 0 aliphatic rings. The summed E-state index contributed by atoms with van der Waals surface area (Å²) in [5.41, 5.74) is 1.04. The first-order valence-electron chi connectivity index (χ1n) is 10.1. The van der Waals surface area contributed by atoms with Crippen LogP contribution in [0.3, 0.4) is 0 Å². The highest BCUT2D eigenvalue weighted by Gasteiger charge is 2.24. The largest absolute Gasteiger partial charge is 0.464 e. The number of furan rings is 1. The van der Waals surface area contributed by atoms with Gasteiger partial charge < -0.3 is 14.2 Å². The first kappa shape index (κ1) is 21.8. The zero-order valence-electron chi connectivity index (χ0n) is 17.7. The lowest BCUT2D eigenvalue weighted by Gasteiger charge is -2.28. The minimum absolute atomic E-state index is 0.0431. The molecule has 0 aliphatic carbocycles. The van der Waals surface area contributed by atoms with E-state index in [0.29, 0.717) is 24.5 Å². The Labute approximate surface area is 181 Å². The standard InChI is InChI=1S/C24H28N2O3S/c1-18(2)14-26(24(28)22-10-7-13-30-22)17-23(27)25(15-20-8-5-4-6-9-20)16-21-12-11-19(3)29-21/h4-13,18H,14-17H2,1-3H3. The van der Waals surface area contributed by atoms with E-state index in [9.17, 15) is 9.59 Å². The van der Waals surface area contributed by atoms with Crippen molar-refractivity contribution >= 4 is 23.2 Å². The Morgan fingerprint density at radius 2 is 1.73 bits per heavy atom. The number of nitrogens with zero attached hydrogens (tertiary/aromatic N) is 2. The van der Waals surface area contributed by atoms with Crippen LogP contribution in [0.2, 0.25) is 0 Å². The summed E-state index contributed by atoms with van der Waals surface area (Å²) in [7, 11) is 0. The Balaban J connectivity index is 1.79. The van der Waals surface area contributed by atoms with Gasteiger partial charge in [0.15, 0.2) is 0 Å². The van der Waals surface area contributed by atoms with E-state index in [1.165, 1.54) is 11.3 Å². The van der Waals surface area contributed by atoms with Crippen LogP contribution in [0.5, 0.6) is 0 Å². The van der Waals surface area contributed by atoms with Crippen LogP contribution in [0.4, 0.5) is 0 Å². The summed E-state index contributed by atoms with van der Waals surface area (Å²) in [6, 6.07) is 17.3. The number of hydrogen-bond donors (Lipinski definition) is 0. The second kappa shape index (κ2) is 10.3. The number of rotatable bonds is 9. The van der Waals surface area contributed by atoms with Crippen molar-refractivity contribution in [2.24, 2.45) is 5.92 Å². The van der Waals surface area contributed by atoms with Gasteiger partial charge in [0.05, 0.1) is 11.4 Å². The van der Waals surface area contributed by atoms with Gasteiger partial charge in [0, 0.05) is 13.1 Å². The molecule has 3 rings (SSSR count). The lowest BCUT2D eigenvalue weighted by molar-refractivity contribution is -0.133. The smallest absolute Gasteiger partial charge is 0.264 e. The third-order valence-corrected chi connectivity index (χ3v) is 5.50. The predicted molar refractivity (Wildman–Crippen MR) is 119 cm³/mol. The molecule has 0 bridgehead atoms. The van der Waals surface area contributed by atoms with E-state index in [-0.39, 0.29) is 24.3 Å². The van der Waals surface area contributed by atoms with Gasteiger partial charge >= 0.3 is 0 Å². The summed E-state index contributed by atoms with van der Waals surface area (Å²) in [4.78, 5) is 30.3. The third kappa shape index (κ3) is 6.07. The number of thiophene rings is 1. The molecule has 158 valence electrons. The Morgan fingerprint density at radius 3 is 2.33 bits per heavy atom. The minimum Gasteiger partial charge on any atom is -0.464 e. The van der Waals surface area contributed by atoms with Gasteiger partial charge in [0.1, 0.15) is 18.1 Å². The Bertz CT molecular complexity index is 948. The van der Waals surface area contributed by atoms with Gasteiger partial charge in [-0.25, -0.2) is 0 Å². The molecular weight excluding hydrogens is 396 g/mol. The molecule has 0 saturated carbocycles. The van der Waals surface area contributed by atoms with Crippen LogP contribution in [-0.4, -0.2) is 34.7 Å². The van der Waals surface area contributed by atoms with Gasteiger partial charge in [-0.3, -0.25) is 9.59 Å². The summed E-state index contributed by atoms with van der Waals surface area (Å²) >= 11 is 1.40. The van der Waals surface area contributed by atoms with Crippen molar-refractivity contribution in [3.05, 3.63) is 81.9 Å². The average Bonchev–Trinajstić information content (AvgIpc) is 3.39. The number of hydrogen-bond acceptors (Lipinski definition) is 4. The van der Waals surface area contributed by atoms with E-state index in [0.717, 1.165) is 17.1 Å². The summed E-state index contributed by atoms with van der Waals surface area (Å²) in [5.74, 6) is 1.61. The molecule has 0 atom stereocenters. The molecule has 30 heavy (non-hydrogen) atoms. The highest BCUT2D eigenvalue weighted by molar-refractivity contribution is 7.12. The molecule has 0 aliphatic heterocycles. The van der Waals surface area contributed by atoms with E-state index >= 15 is 0 Å². The molecule has 0 unspecified atom stereocenters. The van der Waals surface area contributed by atoms with Crippen LogP contribution >= 0.6 is 11.3 Å². The second-order valence-corrected chi connectivity index (χ2v) is 8.75. The van der Waals surface area contributed by atoms with Crippen LogP contribution in [0.25, 0.3) is 0 Å². The second-order valence-electron chi connectivity index (χ2n) is 7.80. The zero-order valence-corrected chi connectivity index (χ0v) is 18.5. The molecule has 2 heterocycles. The molecule has 1 aromatic carbocycles. The molecule has 2 aromatic heterocycles. The lowest BCUT2D eigenvalue weighted by atomic mass is 10.2. The molecular formula is C24H28N2O3S. The van der Waals surface area contributed by atoms with Crippen molar-refractivity contribution in [2.45, 2.75) is 33.9 Å². The van der Waals surface area contributed by atoms with Crippen LogP contribution in [0.15, 0.2) is 64.4 Å². The fourth-order valence-electron chi connectivity index (χ4n) is 3.27. The van der Waals surface area contributed by atoms with E-state index in [1.54, 1.807) is 15.9 Å². The van der Waals surface area contributed by atoms with Crippen molar-refractivity contribution < 1.29 is 14.0 Å². The molecule has 6 heteroatoms. The van der Waals surface area contributed by atoms with Crippen molar-refractivity contribution in [1.82, 2.24) is 9.80 Å². The summed E-state index contributed by atoms with van der Waals surface area (Å²) in [6.45, 7) is 7.38. The quantitative estimate of drug-likeness (QED) is 0.487. The molecule has 0 saturated heterocycles. The molecule has 5 nitrogen and oxygen atoms in total. The van der Waals surface area contributed by atoms with Crippen molar-refractivity contribution in [3.63, 3.8) is 0 Å². The fraction of sp³-hybridized carbons (Fsp3) is 0.333. The highest BCUT2D eigenvalue weighted by atomic mass is 32.1. The minimum atomic E-state index is -0.0986. The maximum atomic E-state index is 13.3. The number of benzene rings is 1. The number of carbonyl (C=O) groups excluding carboxylic acids is 2. The molecule has 0 spiro atoms. The van der Waals surface area contributed by atoms with E-state index < -0.39 is 0 Å². The number of carbonyl (C=O) groups is 2. The summed E-state index contributed by atoms with van der Waals surface area (Å²) in [5, 5.41) is 1.88. The number of aryl methyl sites for hydroxylation is 1. The van der Waals surface area contributed by atoms with Gasteiger partial charge in [0.25, 0.3) is 5.91 Å². The Kier molecular flexibility index (Phi) is 7.46. The SMILES string of the molecule is Cc1ccc(CN(Cc2ccccc2)C(=O)CN(CC(C)C)C(=O)c2cccs2)o1. The van der Waals surface area contributed by atoms with Crippen LogP contribution in [-0.2, 0) is 17.9 Å². The molecule has 2 amide bonds. The normalized spacial score (nSPS) is 10.9. The molecule has 0 N–H and O–H groups in total. The third-order valence-electron chi connectivity index (χ3n) is 4.64. The first-order chi connectivity index (χ1) is 14.4. The molecule has 0 fully saturated rings. The monoisotopic (exact) mass is 424 g/mol. The van der Waals surface area contributed by atoms with E-state index in [4.69, 9.17) is 4.42 Å². The van der Waals surface area contributed by atoms with Crippen LogP contribution < -0.4 is 0 Å². The van der Waals surface area contributed by atoms with Gasteiger partial charge in [0.2, 0.25) is 5.91 Å². The van der Waals surface area contributed by atoms with Crippen molar-refractivity contribution in [2.75, 3.05) is 13.1 Å². The van der Waals surface area contributed by atoms with Crippen molar-refractivity contribution in [1.29, 1.82) is 0 Å². The lowest BCUT2D eigenvalue weighted by Crippen LogP contribution is -2.43. The van der Waals surface area contributed by atoms with Crippen LogP contribution in [0.1, 0.15) is 40.6 Å². The van der Waals surface area contributed by atoms with E-state index in [2.05, 4.69) is 0 Å². The van der Waals surface area contributed by atoms with Gasteiger partial charge in [-0.05, 0) is 42.0 Å². The van der Waals surface area contributed by atoms with Gasteiger partial charge in [-0.2, -0.15) is 0 Å². The zero-order chi connectivity index (χ0) is 21.5. The highest BCUT2D eigenvalue weighted by Crippen LogP contribution is 2.16. The van der Waals surface area contributed by atoms with Gasteiger partial charge in [-0.15, -0.1) is 11.3 Å². The predicted octanol–water partition coefficient (Wildman–Crippen LogP) is 4.98. The fourth-order valence-corrected chi connectivity index (χ4v) is 3.96. The number of amides is 2. The topological polar surface area (TPSA) is 53.8 Å². The van der Waals surface area contributed by atoms with Crippen LogP contribution in [0, 0.1) is 12.8 Å². The Morgan fingerprint density at radius 1 is 0.967 bits per heavy atom. The average molecular weight is 425 g/mol. The maximum Gasteiger partial charge on any atom is 0.264 e. The van der Waals surface area contributed by atoms with E-state index in [1.807, 2.05) is 74.7 Å². The van der Waals surface area contributed by atoms with Crippen molar-refractivity contribution in [3.8, 4) is 0 Å². The maximum absolute atomic E-state index is 13.3.